The Balaban J connectivity index is 1.57. The summed E-state index contributed by atoms with van der Waals surface area (Å²) in [5, 5.41) is 11.7. The maximum Gasteiger partial charge on any atom is 0.408 e. The molecule has 1 aromatic rings. The Morgan fingerprint density at radius 3 is 2.59 bits per heavy atom. The highest BCUT2D eigenvalue weighted by molar-refractivity contribution is 7.99. The zero-order valence-electron chi connectivity index (χ0n) is 16.4. The van der Waals surface area contributed by atoms with Crippen LogP contribution in [-0.4, -0.2) is 71.8 Å². The largest absolute Gasteiger partial charge is 0.480 e. The second kappa shape index (κ2) is 13.1. The predicted molar refractivity (Wildman–Crippen MR) is 110 cm³/mol. The van der Waals surface area contributed by atoms with Gasteiger partial charge >= 0.3 is 12.1 Å². The minimum atomic E-state index is -1.09. The van der Waals surface area contributed by atoms with Crippen LogP contribution in [0.2, 0.25) is 0 Å². The van der Waals surface area contributed by atoms with Crippen LogP contribution in [0.5, 0.6) is 0 Å². The summed E-state index contributed by atoms with van der Waals surface area (Å²) in [6.07, 6.45) is 0.768. The number of carbonyl (C=O) groups excluding carboxylic acids is 2. The van der Waals surface area contributed by atoms with E-state index in [0.717, 1.165) is 17.7 Å². The van der Waals surface area contributed by atoms with E-state index in [-0.39, 0.29) is 18.9 Å². The van der Waals surface area contributed by atoms with Gasteiger partial charge in [-0.25, -0.2) is 9.59 Å². The van der Waals surface area contributed by atoms with Crippen LogP contribution in [0.4, 0.5) is 4.79 Å². The topological polar surface area (TPSA) is 105 Å². The molecule has 1 aromatic carbocycles. The number of alkyl carbamates (subject to hydrolysis) is 1. The van der Waals surface area contributed by atoms with Crippen molar-refractivity contribution in [3.63, 3.8) is 0 Å². The first-order valence-electron chi connectivity index (χ1n) is 9.69. The number of hydrogen-bond acceptors (Lipinski definition) is 6. The molecule has 0 radical (unpaired) electrons. The van der Waals surface area contributed by atoms with Crippen molar-refractivity contribution in [3.8, 4) is 0 Å². The van der Waals surface area contributed by atoms with Gasteiger partial charge in [-0.05, 0) is 29.9 Å². The molecule has 0 aromatic heterocycles. The maximum absolute atomic E-state index is 12.0. The second-order valence-electron chi connectivity index (χ2n) is 6.59. The Bertz CT molecular complexity index is 652. The SMILES string of the molecule is O=C(NC(CCSCCCC(=O)N1CCOCC1)C(=O)O)OCc1ccccc1. The molecule has 1 atom stereocenters. The fraction of sp³-hybridized carbons (Fsp3) is 0.550. The maximum atomic E-state index is 12.0. The van der Waals surface area contributed by atoms with Crippen molar-refractivity contribution < 1.29 is 29.0 Å². The van der Waals surface area contributed by atoms with Gasteiger partial charge in [0.2, 0.25) is 5.91 Å². The van der Waals surface area contributed by atoms with Crippen molar-refractivity contribution in [2.75, 3.05) is 37.8 Å². The summed E-state index contributed by atoms with van der Waals surface area (Å²) in [6.45, 7) is 2.58. The molecule has 1 aliphatic rings. The fourth-order valence-corrected chi connectivity index (χ4v) is 3.72. The van der Waals surface area contributed by atoms with E-state index >= 15 is 0 Å². The minimum Gasteiger partial charge on any atom is -0.480 e. The summed E-state index contributed by atoms with van der Waals surface area (Å²) < 4.78 is 10.3. The number of carbonyl (C=O) groups is 3. The third kappa shape index (κ3) is 9.19. The molecule has 0 bridgehead atoms. The Morgan fingerprint density at radius 2 is 1.90 bits per heavy atom. The molecule has 0 spiro atoms. The smallest absolute Gasteiger partial charge is 0.408 e. The minimum absolute atomic E-state index is 0.0882. The number of aliphatic carboxylic acids is 1. The number of morpholine rings is 1. The number of thioether (sulfide) groups is 1. The van der Waals surface area contributed by atoms with E-state index in [1.807, 2.05) is 35.2 Å². The van der Waals surface area contributed by atoms with Crippen LogP contribution in [0, 0.1) is 0 Å². The van der Waals surface area contributed by atoms with Crippen LogP contribution in [0.25, 0.3) is 0 Å². The first-order chi connectivity index (χ1) is 14.1. The van der Waals surface area contributed by atoms with Crippen LogP contribution in [0.15, 0.2) is 30.3 Å². The molecule has 2 amide bonds. The molecular formula is C20H28N2O6S. The summed E-state index contributed by atoms with van der Waals surface area (Å²) >= 11 is 1.57. The third-order valence-electron chi connectivity index (χ3n) is 4.40. The highest BCUT2D eigenvalue weighted by atomic mass is 32.2. The molecular weight excluding hydrogens is 396 g/mol. The predicted octanol–water partition coefficient (Wildman–Crippen LogP) is 2.13. The number of hydrogen-bond donors (Lipinski definition) is 2. The molecule has 2 N–H and O–H groups in total. The standard InChI is InChI=1S/C20H28N2O6S/c23-18(22-9-11-27-12-10-22)7-4-13-29-14-8-17(19(24)25)21-20(26)28-15-16-5-2-1-3-6-16/h1-3,5-6,17H,4,7-15H2,(H,21,26)(H,24,25). The van der Waals surface area contributed by atoms with Gasteiger partial charge in [-0.3, -0.25) is 4.79 Å². The number of carboxylic acids is 1. The molecule has 1 aliphatic heterocycles. The van der Waals surface area contributed by atoms with Gasteiger partial charge in [0.25, 0.3) is 0 Å². The molecule has 0 saturated carbocycles. The van der Waals surface area contributed by atoms with Gasteiger partial charge < -0.3 is 24.8 Å². The lowest BCUT2D eigenvalue weighted by molar-refractivity contribution is -0.139. The van der Waals surface area contributed by atoms with E-state index < -0.39 is 18.1 Å². The molecule has 8 nitrogen and oxygen atoms in total. The van der Waals surface area contributed by atoms with Gasteiger partial charge in [0, 0.05) is 19.5 Å². The first-order valence-corrected chi connectivity index (χ1v) is 10.8. The van der Waals surface area contributed by atoms with Crippen LogP contribution in [-0.2, 0) is 25.7 Å². The van der Waals surface area contributed by atoms with Gasteiger partial charge in [-0.2, -0.15) is 11.8 Å². The highest BCUT2D eigenvalue weighted by Gasteiger charge is 2.20. The van der Waals surface area contributed by atoms with E-state index in [0.29, 0.717) is 38.5 Å². The summed E-state index contributed by atoms with van der Waals surface area (Å²) in [5.41, 5.74) is 0.830. The second-order valence-corrected chi connectivity index (χ2v) is 7.82. The number of rotatable bonds is 11. The Labute approximate surface area is 174 Å². The molecule has 1 heterocycles. The van der Waals surface area contributed by atoms with Crippen molar-refractivity contribution in [3.05, 3.63) is 35.9 Å². The molecule has 1 fully saturated rings. The van der Waals surface area contributed by atoms with Crippen molar-refractivity contribution in [2.45, 2.75) is 31.9 Å². The number of nitrogens with zero attached hydrogens (tertiary/aromatic N) is 1. The van der Waals surface area contributed by atoms with E-state index in [1.165, 1.54) is 0 Å². The van der Waals surface area contributed by atoms with Gasteiger partial charge in [-0.15, -0.1) is 0 Å². The van der Waals surface area contributed by atoms with E-state index in [1.54, 1.807) is 11.8 Å². The van der Waals surface area contributed by atoms with E-state index in [9.17, 15) is 19.5 Å². The van der Waals surface area contributed by atoms with Gasteiger partial charge in [0.15, 0.2) is 0 Å². The first kappa shape index (κ1) is 23.0. The number of benzene rings is 1. The van der Waals surface area contributed by atoms with Gasteiger partial charge in [0.05, 0.1) is 13.2 Å². The molecule has 1 saturated heterocycles. The van der Waals surface area contributed by atoms with Crippen molar-refractivity contribution in [2.24, 2.45) is 0 Å². The van der Waals surface area contributed by atoms with Crippen molar-refractivity contribution in [1.82, 2.24) is 10.2 Å². The quantitative estimate of drug-likeness (QED) is 0.524. The lowest BCUT2D eigenvalue weighted by atomic mass is 10.2. The van der Waals surface area contributed by atoms with E-state index in [4.69, 9.17) is 9.47 Å². The van der Waals surface area contributed by atoms with Crippen LogP contribution in [0.3, 0.4) is 0 Å². The summed E-state index contributed by atoms with van der Waals surface area (Å²) in [4.78, 5) is 37.0. The fourth-order valence-electron chi connectivity index (χ4n) is 2.76. The van der Waals surface area contributed by atoms with Crippen LogP contribution in [0.1, 0.15) is 24.8 Å². The Morgan fingerprint density at radius 1 is 1.17 bits per heavy atom. The van der Waals surface area contributed by atoms with Crippen LogP contribution >= 0.6 is 11.8 Å². The normalized spacial score (nSPS) is 14.8. The number of amides is 2. The zero-order valence-corrected chi connectivity index (χ0v) is 17.2. The molecule has 2 rings (SSSR count). The molecule has 0 aliphatic carbocycles. The third-order valence-corrected chi connectivity index (χ3v) is 5.50. The zero-order chi connectivity index (χ0) is 20.9. The Kier molecular flexibility index (Phi) is 10.4. The highest BCUT2D eigenvalue weighted by Crippen LogP contribution is 2.11. The molecule has 9 heteroatoms. The lowest BCUT2D eigenvalue weighted by Crippen LogP contribution is -2.41. The van der Waals surface area contributed by atoms with Crippen molar-refractivity contribution >= 4 is 29.7 Å². The molecule has 1 unspecified atom stereocenters. The number of nitrogens with one attached hydrogen (secondary N) is 1. The number of ether oxygens (including phenoxy) is 2. The summed E-state index contributed by atoms with van der Waals surface area (Å²) in [6, 6.07) is 8.18. The van der Waals surface area contributed by atoms with E-state index in [2.05, 4.69) is 5.32 Å². The average Bonchev–Trinajstić information content (AvgIpc) is 2.74. The Hall–Kier alpha value is -2.26. The van der Waals surface area contributed by atoms with Crippen LogP contribution < -0.4 is 5.32 Å². The monoisotopic (exact) mass is 424 g/mol. The molecule has 160 valence electrons. The summed E-state index contributed by atoms with van der Waals surface area (Å²) in [5.74, 6) is 0.382. The average molecular weight is 425 g/mol. The van der Waals surface area contributed by atoms with Gasteiger partial charge in [0.1, 0.15) is 12.6 Å². The summed E-state index contributed by atoms with van der Waals surface area (Å²) in [7, 11) is 0. The van der Waals surface area contributed by atoms with Crippen molar-refractivity contribution in [1.29, 1.82) is 0 Å². The van der Waals surface area contributed by atoms with Gasteiger partial charge in [-0.1, -0.05) is 30.3 Å². The lowest BCUT2D eigenvalue weighted by Gasteiger charge is -2.26. The molecule has 29 heavy (non-hydrogen) atoms. The number of carboxylic acid groups (broad SMARTS) is 1.